The summed E-state index contributed by atoms with van der Waals surface area (Å²) in [6.07, 6.45) is 1.83. The average molecular weight is 472 g/mol. The molecule has 2 aliphatic heterocycles. The molecule has 182 valence electrons. The lowest BCUT2D eigenvalue weighted by atomic mass is 9.94. The standard InChI is InChI=1S/C23H28FN3O.C2H2O4/c24-21-8-6-19(7-9-21)18-25-12-10-20(11-13-25)23(28)27-16-14-26(15-17-27)22-4-2-1-3-5-22;3-1(4)2(5)6/h1-9,20H,10-18H2;(H,3,4)(H,5,6). The minimum atomic E-state index is -1.82. The van der Waals surface area contributed by atoms with Gasteiger partial charge in [0.15, 0.2) is 0 Å². The molecule has 0 atom stereocenters. The summed E-state index contributed by atoms with van der Waals surface area (Å²) in [5.41, 5.74) is 2.37. The summed E-state index contributed by atoms with van der Waals surface area (Å²) in [7, 11) is 0. The van der Waals surface area contributed by atoms with Gasteiger partial charge in [0.05, 0.1) is 0 Å². The number of carbonyl (C=O) groups excluding carboxylic acids is 1. The lowest BCUT2D eigenvalue weighted by Crippen LogP contribution is -2.51. The van der Waals surface area contributed by atoms with Crippen LogP contribution in [0.1, 0.15) is 18.4 Å². The number of piperazine rings is 1. The van der Waals surface area contributed by atoms with Gasteiger partial charge in [-0.1, -0.05) is 30.3 Å². The summed E-state index contributed by atoms with van der Waals surface area (Å²) >= 11 is 0. The first-order valence-electron chi connectivity index (χ1n) is 11.4. The normalized spacial score (nSPS) is 17.0. The summed E-state index contributed by atoms with van der Waals surface area (Å²) in [5, 5.41) is 14.8. The second-order valence-corrected chi connectivity index (χ2v) is 8.44. The van der Waals surface area contributed by atoms with Gasteiger partial charge in [0, 0.05) is 44.3 Å². The lowest BCUT2D eigenvalue weighted by Gasteiger charge is -2.39. The number of piperidine rings is 1. The van der Waals surface area contributed by atoms with Crippen LogP contribution in [0, 0.1) is 11.7 Å². The fourth-order valence-electron chi connectivity index (χ4n) is 4.27. The molecule has 0 unspecified atom stereocenters. The number of likely N-dealkylation sites (tertiary alicyclic amines) is 1. The average Bonchev–Trinajstić information content (AvgIpc) is 2.86. The predicted molar refractivity (Wildman–Crippen MR) is 125 cm³/mol. The van der Waals surface area contributed by atoms with E-state index in [1.807, 2.05) is 18.2 Å². The minimum absolute atomic E-state index is 0.146. The SMILES string of the molecule is O=C(C1CCN(Cc2ccc(F)cc2)CC1)N1CCN(c2ccccc2)CC1.O=C(O)C(=O)O. The van der Waals surface area contributed by atoms with Crippen molar-refractivity contribution < 1.29 is 29.0 Å². The molecule has 0 aliphatic carbocycles. The molecule has 34 heavy (non-hydrogen) atoms. The number of rotatable bonds is 4. The van der Waals surface area contributed by atoms with Gasteiger partial charge in [-0.25, -0.2) is 14.0 Å². The molecule has 2 saturated heterocycles. The van der Waals surface area contributed by atoms with Crippen molar-refractivity contribution >= 4 is 23.5 Å². The van der Waals surface area contributed by atoms with E-state index in [2.05, 4.69) is 39.0 Å². The molecule has 2 N–H and O–H groups in total. The summed E-state index contributed by atoms with van der Waals surface area (Å²) in [5.74, 6) is -3.37. The van der Waals surface area contributed by atoms with Crippen molar-refractivity contribution in [1.82, 2.24) is 9.80 Å². The Hall–Kier alpha value is -3.46. The molecule has 4 rings (SSSR count). The van der Waals surface area contributed by atoms with E-state index in [0.29, 0.717) is 5.91 Å². The topological polar surface area (TPSA) is 101 Å². The summed E-state index contributed by atoms with van der Waals surface area (Å²) in [6, 6.07) is 17.1. The van der Waals surface area contributed by atoms with Gasteiger partial charge < -0.3 is 20.0 Å². The zero-order valence-corrected chi connectivity index (χ0v) is 19.0. The summed E-state index contributed by atoms with van der Waals surface area (Å²) < 4.78 is 13.0. The molecule has 9 heteroatoms. The molecular weight excluding hydrogens is 441 g/mol. The van der Waals surface area contributed by atoms with Crippen LogP contribution in [0.3, 0.4) is 0 Å². The van der Waals surface area contributed by atoms with Crippen molar-refractivity contribution in [1.29, 1.82) is 0 Å². The molecule has 0 aromatic heterocycles. The smallest absolute Gasteiger partial charge is 0.414 e. The number of nitrogens with zero attached hydrogens (tertiary/aromatic N) is 3. The molecule has 2 fully saturated rings. The van der Waals surface area contributed by atoms with E-state index < -0.39 is 11.9 Å². The molecule has 1 amide bonds. The van der Waals surface area contributed by atoms with Crippen molar-refractivity contribution in [2.24, 2.45) is 5.92 Å². The molecule has 0 bridgehead atoms. The predicted octanol–water partition coefficient (Wildman–Crippen LogP) is 2.54. The third-order valence-corrected chi connectivity index (χ3v) is 6.15. The molecule has 0 radical (unpaired) electrons. The first-order chi connectivity index (χ1) is 16.3. The third-order valence-electron chi connectivity index (χ3n) is 6.15. The van der Waals surface area contributed by atoms with Crippen LogP contribution in [0.5, 0.6) is 0 Å². The summed E-state index contributed by atoms with van der Waals surface area (Å²) in [6.45, 7) is 6.11. The maximum Gasteiger partial charge on any atom is 0.414 e. The Morgan fingerprint density at radius 2 is 1.35 bits per heavy atom. The highest BCUT2D eigenvalue weighted by molar-refractivity contribution is 6.27. The Morgan fingerprint density at radius 1 is 0.794 bits per heavy atom. The van der Waals surface area contributed by atoms with E-state index >= 15 is 0 Å². The van der Waals surface area contributed by atoms with E-state index in [-0.39, 0.29) is 11.7 Å². The monoisotopic (exact) mass is 471 g/mol. The Labute approximate surface area is 198 Å². The largest absolute Gasteiger partial charge is 0.473 e. The van der Waals surface area contributed by atoms with E-state index in [0.717, 1.165) is 64.2 Å². The van der Waals surface area contributed by atoms with Crippen molar-refractivity contribution in [3.8, 4) is 0 Å². The number of hydrogen-bond donors (Lipinski definition) is 2. The van der Waals surface area contributed by atoms with Gasteiger partial charge in [0.1, 0.15) is 5.82 Å². The molecule has 2 aromatic carbocycles. The Bertz CT molecular complexity index is 942. The van der Waals surface area contributed by atoms with Gasteiger partial charge in [-0.05, 0) is 55.8 Å². The maximum atomic E-state index is 13.0. The molecular formula is C25H30FN3O5. The third kappa shape index (κ3) is 7.28. The zero-order valence-electron chi connectivity index (χ0n) is 19.0. The van der Waals surface area contributed by atoms with Crippen molar-refractivity contribution in [3.05, 3.63) is 66.0 Å². The van der Waals surface area contributed by atoms with E-state index in [9.17, 15) is 9.18 Å². The number of aliphatic carboxylic acids is 2. The number of carboxylic acid groups (broad SMARTS) is 2. The number of carboxylic acids is 2. The second-order valence-electron chi connectivity index (χ2n) is 8.44. The van der Waals surface area contributed by atoms with Crippen LogP contribution in [-0.2, 0) is 20.9 Å². The van der Waals surface area contributed by atoms with Gasteiger partial charge in [-0.2, -0.15) is 0 Å². The first kappa shape index (κ1) is 25.2. The fourth-order valence-corrected chi connectivity index (χ4v) is 4.27. The van der Waals surface area contributed by atoms with Crippen LogP contribution in [0.25, 0.3) is 0 Å². The molecule has 2 aromatic rings. The Balaban J connectivity index is 0.000000481. The fraction of sp³-hybridized carbons (Fsp3) is 0.400. The minimum Gasteiger partial charge on any atom is -0.473 e. The van der Waals surface area contributed by atoms with Crippen molar-refractivity contribution in [2.75, 3.05) is 44.2 Å². The number of amides is 1. The van der Waals surface area contributed by atoms with E-state index in [1.165, 1.54) is 17.8 Å². The number of benzene rings is 2. The Kier molecular flexibility index (Phi) is 8.98. The molecule has 0 spiro atoms. The highest BCUT2D eigenvalue weighted by Gasteiger charge is 2.30. The number of halogens is 1. The maximum absolute atomic E-state index is 13.0. The Morgan fingerprint density at radius 3 is 1.88 bits per heavy atom. The van der Waals surface area contributed by atoms with Crippen LogP contribution in [0.4, 0.5) is 10.1 Å². The van der Waals surface area contributed by atoms with Gasteiger partial charge in [0.2, 0.25) is 5.91 Å². The molecule has 2 heterocycles. The van der Waals surface area contributed by atoms with Crippen molar-refractivity contribution in [3.63, 3.8) is 0 Å². The van der Waals surface area contributed by atoms with E-state index in [4.69, 9.17) is 19.8 Å². The zero-order chi connectivity index (χ0) is 24.5. The second kappa shape index (κ2) is 12.1. The number of para-hydroxylation sites is 1. The highest BCUT2D eigenvalue weighted by Crippen LogP contribution is 2.23. The van der Waals surface area contributed by atoms with Crippen LogP contribution >= 0.6 is 0 Å². The first-order valence-corrected chi connectivity index (χ1v) is 11.4. The van der Waals surface area contributed by atoms with Gasteiger partial charge >= 0.3 is 11.9 Å². The van der Waals surface area contributed by atoms with Crippen LogP contribution in [0.15, 0.2) is 54.6 Å². The summed E-state index contributed by atoms with van der Waals surface area (Å²) in [4.78, 5) is 37.9. The molecule has 8 nitrogen and oxygen atoms in total. The number of anilines is 1. The van der Waals surface area contributed by atoms with Crippen LogP contribution in [0.2, 0.25) is 0 Å². The lowest BCUT2D eigenvalue weighted by molar-refractivity contribution is -0.159. The quantitative estimate of drug-likeness (QED) is 0.661. The highest BCUT2D eigenvalue weighted by atomic mass is 19.1. The molecule has 2 aliphatic rings. The van der Waals surface area contributed by atoms with Crippen LogP contribution < -0.4 is 4.90 Å². The number of carbonyl (C=O) groups is 3. The van der Waals surface area contributed by atoms with E-state index in [1.54, 1.807) is 0 Å². The number of hydrogen-bond acceptors (Lipinski definition) is 5. The van der Waals surface area contributed by atoms with Gasteiger partial charge in [0.25, 0.3) is 0 Å². The van der Waals surface area contributed by atoms with Crippen LogP contribution in [-0.4, -0.2) is 77.1 Å². The van der Waals surface area contributed by atoms with Gasteiger partial charge in [-0.3, -0.25) is 9.69 Å². The van der Waals surface area contributed by atoms with Crippen molar-refractivity contribution in [2.45, 2.75) is 19.4 Å². The van der Waals surface area contributed by atoms with Gasteiger partial charge in [-0.15, -0.1) is 0 Å². The molecule has 0 saturated carbocycles.